The van der Waals surface area contributed by atoms with Crippen LogP contribution in [0.15, 0.2) is 0 Å². The van der Waals surface area contributed by atoms with Crippen LogP contribution in [0.1, 0.15) is 53.9 Å². The SMILES string of the molecule is CC(C)(C)NCC(=O)NC1CCCC1(C)C. The molecule has 0 aromatic carbocycles. The van der Waals surface area contributed by atoms with E-state index < -0.39 is 0 Å². The summed E-state index contributed by atoms with van der Waals surface area (Å²) in [6.45, 7) is 11.1. The first-order valence-corrected chi connectivity index (χ1v) is 6.25. The van der Waals surface area contributed by atoms with Gasteiger partial charge in [-0.25, -0.2) is 0 Å². The highest BCUT2D eigenvalue weighted by Gasteiger charge is 2.35. The van der Waals surface area contributed by atoms with Crippen LogP contribution in [0, 0.1) is 5.41 Å². The molecule has 1 atom stereocenters. The molecule has 0 spiro atoms. The van der Waals surface area contributed by atoms with E-state index in [1.165, 1.54) is 12.8 Å². The highest BCUT2D eigenvalue weighted by Crippen LogP contribution is 2.36. The van der Waals surface area contributed by atoms with Crippen LogP contribution in [-0.4, -0.2) is 24.0 Å². The van der Waals surface area contributed by atoms with Crippen LogP contribution >= 0.6 is 0 Å². The molecule has 0 heterocycles. The molecule has 1 unspecified atom stereocenters. The zero-order valence-corrected chi connectivity index (χ0v) is 11.3. The van der Waals surface area contributed by atoms with Gasteiger partial charge in [0.1, 0.15) is 0 Å². The highest BCUT2D eigenvalue weighted by molar-refractivity contribution is 5.78. The molecule has 0 aromatic rings. The molecule has 0 saturated heterocycles. The summed E-state index contributed by atoms with van der Waals surface area (Å²) in [7, 11) is 0. The Morgan fingerprint density at radius 2 is 2.00 bits per heavy atom. The van der Waals surface area contributed by atoms with Crippen molar-refractivity contribution in [3.8, 4) is 0 Å². The second kappa shape index (κ2) is 4.74. The first kappa shape index (κ1) is 13.5. The molecule has 1 fully saturated rings. The van der Waals surface area contributed by atoms with Crippen LogP contribution in [-0.2, 0) is 4.79 Å². The van der Waals surface area contributed by atoms with Crippen LogP contribution in [0.25, 0.3) is 0 Å². The summed E-state index contributed by atoms with van der Waals surface area (Å²) in [6.07, 6.45) is 3.56. The van der Waals surface area contributed by atoms with Gasteiger partial charge < -0.3 is 10.6 Å². The third-order valence-corrected chi connectivity index (χ3v) is 3.37. The molecule has 3 nitrogen and oxygen atoms in total. The Labute approximate surface area is 99.4 Å². The quantitative estimate of drug-likeness (QED) is 0.773. The van der Waals surface area contributed by atoms with Gasteiger partial charge in [-0.15, -0.1) is 0 Å². The van der Waals surface area contributed by atoms with E-state index in [0.29, 0.717) is 12.6 Å². The monoisotopic (exact) mass is 226 g/mol. The maximum absolute atomic E-state index is 11.8. The average Bonchev–Trinajstić information content (AvgIpc) is 2.42. The number of nitrogens with one attached hydrogen (secondary N) is 2. The molecule has 0 aromatic heterocycles. The Kier molecular flexibility index (Phi) is 4.00. The summed E-state index contributed by atoms with van der Waals surface area (Å²) in [5.41, 5.74) is 0.264. The predicted molar refractivity (Wildman–Crippen MR) is 67.3 cm³/mol. The van der Waals surface area contributed by atoms with E-state index in [9.17, 15) is 4.79 Å². The minimum Gasteiger partial charge on any atom is -0.352 e. The second-order valence-electron chi connectivity index (χ2n) is 6.60. The molecule has 1 aliphatic carbocycles. The lowest BCUT2D eigenvalue weighted by molar-refractivity contribution is -0.121. The fourth-order valence-corrected chi connectivity index (χ4v) is 2.19. The van der Waals surface area contributed by atoms with Gasteiger partial charge in [0, 0.05) is 11.6 Å². The van der Waals surface area contributed by atoms with Gasteiger partial charge in [0.15, 0.2) is 0 Å². The lowest BCUT2D eigenvalue weighted by Crippen LogP contribution is -2.48. The van der Waals surface area contributed by atoms with Crippen molar-refractivity contribution in [1.29, 1.82) is 0 Å². The summed E-state index contributed by atoms with van der Waals surface area (Å²) in [5.74, 6) is 0.120. The molecular formula is C13H26N2O. The average molecular weight is 226 g/mol. The van der Waals surface area contributed by atoms with E-state index in [-0.39, 0.29) is 16.9 Å². The zero-order valence-electron chi connectivity index (χ0n) is 11.3. The van der Waals surface area contributed by atoms with Gasteiger partial charge in [0.05, 0.1) is 6.54 Å². The van der Waals surface area contributed by atoms with Crippen LogP contribution in [0.2, 0.25) is 0 Å². The molecule has 1 aliphatic rings. The molecule has 0 radical (unpaired) electrons. The summed E-state index contributed by atoms with van der Waals surface area (Å²) < 4.78 is 0. The first-order valence-electron chi connectivity index (χ1n) is 6.25. The van der Waals surface area contributed by atoms with E-state index in [0.717, 1.165) is 6.42 Å². The Morgan fingerprint density at radius 1 is 1.38 bits per heavy atom. The Balaban J connectivity index is 2.35. The third-order valence-electron chi connectivity index (χ3n) is 3.37. The van der Waals surface area contributed by atoms with E-state index in [2.05, 4.69) is 45.3 Å². The lowest BCUT2D eigenvalue weighted by atomic mass is 9.87. The molecule has 0 bridgehead atoms. The standard InChI is InChI=1S/C13H26N2O/c1-12(2,3)14-9-11(16)15-10-7-6-8-13(10,4)5/h10,14H,6-9H2,1-5H3,(H,15,16). The molecular weight excluding hydrogens is 200 g/mol. The second-order valence-corrected chi connectivity index (χ2v) is 6.60. The number of rotatable bonds is 3. The molecule has 0 aliphatic heterocycles. The number of hydrogen-bond donors (Lipinski definition) is 2. The van der Waals surface area contributed by atoms with Crippen molar-refractivity contribution in [2.24, 2.45) is 5.41 Å². The summed E-state index contributed by atoms with van der Waals surface area (Å²) in [4.78, 5) is 11.8. The lowest BCUT2D eigenvalue weighted by Gasteiger charge is -2.28. The maximum Gasteiger partial charge on any atom is 0.234 e. The van der Waals surface area contributed by atoms with Gasteiger partial charge >= 0.3 is 0 Å². The van der Waals surface area contributed by atoms with Gasteiger partial charge in [-0.1, -0.05) is 20.3 Å². The van der Waals surface area contributed by atoms with E-state index in [4.69, 9.17) is 0 Å². The summed E-state index contributed by atoms with van der Waals surface area (Å²) >= 11 is 0. The minimum atomic E-state index is 0.00251. The zero-order chi connectivity index (χ0) is 12.4. The first-order chi connectivity index (χ1) is 7.21. The van der Waals surface area contributed by atoms with Gasteiger partial charge in [0.25, 0.3) is 0 Å². The van der Waals surface area contributed by atoms with Gasteiger partial charge in [-0.3, -0.25) is 4.79 Å². The number of carbonyl (C=O) groups excluding carboxylic acids is 1. The molecule has 94 valence electrons. The molecule has 1 amide bonds. The Morgan fingerprint density at radius 3 is 2.44 bits per heavy atom. The molecule has 16 heavy (non-hydrogen) atoms. The van der Waals surface area contributed by atoms with Crippen molar-refractivity contribution >= 4 is 5.91 Å². The van der Waals surface area contributed by atoms with Crippen molar-refractivity contribution in [1.82, 2.24) is 10.6 Å². The van der Waals surface area contributed by atoms with Gasteiger partial charge in [-0.05, 0) is 39.0 Å². The normalized spacial score (nSPS) is 24.4. The van der Waals surface area contributed by atoms with E-state index >= 15 is 0 Å². The predicted octanol–water partition coefficient (Wildman–Crippen LogP) is 2.07. The number of amides is 1. The number of hydrogen-bond acceptors (Lipinski definition) is 2. The summed E-state index contributed by atoms with van der Waals surface area (Å²) in [5, 5.41) is 6.35. The van der Waals surface area contributed by atoms with Crippen LogP contribution in [0.5, 0.6) is 0 Å². The Bertz CT molecular complexity index is 253. The molecule has 3 heteroatoms. The smallest absolute Gasteiger partial charge is 0.234 e. The topological polar surface area (TPSA) is 41.1 Å². The van der Waals surface area contributed by atoms with Crippen molar-refractivity contribution in [2.75, 3.05) is 6.54 Å². The minimum absolute atomic E-state index is 0.00251. The number of carbonyl (C=O) groups is 1. The third kappa shape index (κ3) is 4.12. The van der Waals surface area contributed by atoms with E-state index in [1.54, 1.807) is 0 Å². The highest BCUT2D eigenvalue weighted by atomic mass is 16.2. The maximum atomic E-state index is 11.8. The Hall–Kier alpha value is -0.570. The van der Waals surface area contributed by atoms with Crippen LogP contribution in [0.3, 0.4) is 0 Å². The largest absolute Gasteiger partial charge is 0.352 e. The van der Waals surface area contributed by atoms with Gasteiger partial charge in [-0.2, -0.15) is 0 Å². The fourth-order valence-electron chi connectivity index (χ4n) is 2.19. The fraction of sp³-hybridized carbons (Fsp3) is 0.923. The molecule has 1 saturated carbocycles. The van der Waals surface area contributed by atoms with Crippen molar-refractivity contribution in [3.05, 3.63) is 0 Å². The van der Waals surface area contributed by atoms with Crippen molar-refractivity contribution in [2.45, 2.75) is 65.5 Å². The summed E-state index contributed by atoms with van der Waals surface area (Å²) in [6, 6.07) is 0.349. The van der Waals surface area contributed by atoms with Crippen LogP contribution in [0.4, 0.5) is 0 Å². The van der Waals surface area contributed by atoms with Crippen molar-refractivity contribution in [3.63, 3.8) is 0 Å². The van der Waals surface area contributed by atoms with Crippen molar-refractivity contribution < 1.29 is 4.79 Å². The molecule has 1 rings (SSSR count). The van der Waals surface area contributed by atoms with Gasteiger partial charge in [0.2, 0.25) is 5.91 Å². The molecule has 2 N–H and O–H groups in total. The van der Waals surface area contributed by atoms with Crippen LogP contribution < -0.4 is 10.6 Å². The van der Waals surface area contributed by atoms with E-state index in [1.807, 2.05) is 0 Å².